The smallest absolute Gasteiger partial charge is 0.200 e. The zero-order valence-corrected chi connectivity index (χ0v) is 11.3. The number of nitrogens with zero attached hydrogens (tertiary/aromatic N) is 2. The van der Waals surface area contributed by atoms with Crippen molar-refractivity contribution in [1.29, 1.82) is 0 Å². The number of hydrogen-bond acceptors (Lipinski definition) is 2. The van der Waals surface area contributed by atoms with Crippen LogP contribution in [0.4, 0.5) is 13.2 Å². The van der Waals surface area contributed by atoms with Crippen LogP contribution in [0.25, 0.3) is 17.1 Å². The van der Waals surface area contributed by atoms with Gasteiger partial charge in [0.15, 0.2) is 28.0 Å². The van der Waals surface area contributed by atoms with Crippen molar-refractivity contribution < 1.29 is 13.2 Å². The highest BCUT2D eigenvalue weighted by atomic mass is 32.1. The van der Waals surface area contributed by atoms with Crippen LogP contribution in [0, 0.1) is 22.2 Å². The van der Waals surface area contributed by atoms with E-state index in [0.29, 0.717) is 11.4 Å². The summed E-state index contributed by atoms with van der Waals surface area (Å²) in [6.07, 6.45) is 0. The van der Waals surface area contributed by atoms with Crippen LogP contribution in [0.5, 0.6) is 0 Å². The van der Waals surface area contributed by atoms with Gasteiger partial charge in [0.25, 0.3) is 0 Å². The molecule has 0 saturated carbocycles. The lowest BCUT2D eigenvalue weighted by atomic mass is 10.2. The second-order valence-electron chi connectivity index (χ2n) is 4.28. The fraction of sp³-hybridized carbons (Fsp3) is 0. The average molecular weight is 307 g/mol. The molecule has 7 heteroatoms. The van der Waals surface area contributed by atoms with E-state index in [4.69, 9.17) is 12.2 Å². The Labute approximate surface area is 122 Å². The zero-order valence-electron chi connectivity index (χ0n) is 10.5. The van der Waals surface area contributed by atoms with Crippen LogP contribution < -0.4 is 0 Å². The van der Waals surface area contributed by atoms with Crippen molar-refractivity contribution >= 4 is 12.2 Å². The van der Waals surface area contributed by atoms with E-state index < -0.39 is 17.5 Å². The molecule has 2 aromatic carbocycles. The molecule has 0 aliphatic carbocycles. The molecule has 3 nitrogen and oxygen atoms in total. The van der Waals surface area contributed by atoms with Crippen LogP contribution in [-0.4, -0.2) is 14.8 Å². The normalized spacial score (nSPS) is 10.8. The summed E-state index contributed by atoms with van der Waals surface area (Å²) in [5.41, 5.74) is 0.763. The second kappa shape index (κ2) is 5.17. The van der Waals surface area contributed by atoms with Gasteiger partial charge in [0.05, 0.1) is 5.69 Å². The molecule has 1 N–H and O–H groups in total. The van der Waals surface area contributed by atoms with E-state index in [9.17, 15) is 13.2 Å². The molecule has 1 heterocycles. The lowest BCUT2D eigenvalue weighted by Gasteiger charge is -2.08. The van der Waals surface area contributed by atoms with Crippen molar-refractivity contribution in [2.24, 2.45) is 0 Å². The SMILES string of the molecule is Fc1cc(-n2c(-c3ccccc3)n[nH]c2=S)cc(F)c1F. The molecule has 3 rings (SSSR count). The number of nitrogens with one attached hydrogen (secondary N) is 1. The minimum absolute atomic E-state index is 0.0593. The largest absolute Gasteiger partial charge is 0.268 e. The summed E-state index contributed by atoms with van der Waals surface area (Å²) in [7, 11) is 0. The molecule has 0 aliphatic heterocycles. The number of aromatic amines is 1. The van der Waals surface area contributed by atoms with E-state index in [1.807, 2.05) is 6.07 Å². The first kappa shape index (κ1) is 13.6. The second-order valence-corrected chi connectivity index (χ2v) is 4.66. The third-order valence-electron chi connectivity index (χ3n) is 2.93. The molecule has 0 amide bonds. The quantitative estimate of drug-likeness (QED) is 0.573. The number of rotatable bonds is 2. The molecule has 0 radical (unpaired) electrons. The van der Waals surface area contributed by atoms with Crippen molar-refractivity contribution in [2.75, 3.05) is 0 Å². The van der Waals surface area contributed by atoms with Crippen LogP contribution in [0.3, 0.4) is 0 Å². The van der Waals surface area contributed by atoms with Gasteiger partial charge in [0, 0.05) is 17.7 Å². The molecule has 0 spiro atoms. The molecule has 3 aromatic rings. The third kappa shape index (κ3) is 2.36. The number of aromatic nitrogens is 3. The van der Waals surface area contributed by atoms with Crippen LogP contribution >= 0.6 is 12.2 Å². The first-order valence-electron chi connectivity index (χ1n) is 5.95. The monoisotopic (exact) mass is 307 g/mol. The fourth-order valence-corrected chi connectivity index (χ4v) is 2.23. The molecule has 21 heavy (non-hydrogen) atoms. The van der Waals surface area contributed by atoms with E-state index in [1.165, 1.54) is 4.57 Å². The molecule has 1 aromatic heterocycles. The van der Waals surface area contributed by atoms with Gasteiger partial charge >= 0.3 is 0 Å². The van der Waals surface area contributed by atoms with Gasteiger partial charge in [-0.3, -0.25) is 9.67 Å². The first-order chi connectivity index (χ1) is 10.1. The molecule has 0 aliphatic rings. The minimum Gasteiger partial charge on any atom is -0.268 e. The van der Waals surface area contributed by atoms with Crippen molar-refractivity contribution in [1.82, 2.24) is 14.8 Å². The lowest BCUT2D eigenvalue weighted by molar-refractivity contribution is 0.446. The van der Waals surface area contributed by atoms with Crippen molar-refractivity contribution in [3.63, 3.8) is 0 Å². The Morgan fingerprint density at radius 3 is 2.24 bits per heavy atom. The highest BCUT2D eigenvalue weighted by Gasteiger charge is 2.16. The van der Waals surface area contributed by atoms with E-state index >= 15 is 0 Å². The highest BCUT2D eigenvalue weighted by molar-refractivity contribution is 7.71. The van der Waals surface area contributed by atoms with Gasteiger partial charge in [-0.05, 0) is 12.2 Å². The number of halogens is 3. The maximum atomic E-state index is 13.4. The van der Waals surface area contributed by atoms with E-state index in [0.717, 1.165) is 12.1 Å². The van der Waals surface area contributed by atoms with Crippen LogP contribution in [0.15, 0.2) is 42.5 Å². The maximum absolute atomic E-state index is 13.4. The summed E-state index contributed by atoms with van der Waals surface area (Å²) in [4.78, 5) is 0. The Morgan fingerprint density at radius 1 is 1.00 bits per heavy atom. The Bertz CT molecular complexity index is 832. The maximum Gasteiger partial charge on any atom is 0.200 e. The highest BCUT2D eigenvalue weighted by Crippen LogP contribution is 2.23. The van der Waals surface area contributed by atoms with Crippen LogP contribution in [0.1, 0.15) is 0 Å². The van der Waals surface area contributed by atoms with Crippen LogP contribution in [0.2, 0.25) is 0 Å². The summed E-state index contributed by atoms with van der Waals surface area (Å²) in [5.74, 6) is -3.71. The predicted molar refractivity (Wildman–Crippen MR) is 74.1 cm³/mol. The summed E-state index contributed by atoms with van der Waals surface area (Å²) in [6, 6.07) is 10.7. The van der Waals surface area contributed by atoms with Gasteiger partial charge in [0.1, 0.15) is 0 Å². The molecule has 106 valence electrons. The van der Waals surface area contributed by atoms with E-state index in [-0.39, 0.29) is 10.5 Å². The molecule has 0 atom stereocenters. The van der Waals surface area contributed by atoms with E-state index in [1.54, 1.807) is 24.3 Å². The third-order valence-corrected chi connectivity index (χ3v) is 3.20. The Morgan fingerprint density at radius 2 is 1.62 bits per heavy atom. The molecule has 0 saturated heterocycles. The van der Waals surface area contributed by atoms with E-state index in [2.05, 4.69) is 10.2 Å². The predicted octanol–water partition coefficient (Wildman–Crippen LogP) is 4.01. The molecular formula is C14H8F3N3S. The summed E-state index contributed by atoms with van der Waals surface area (Å²) in [5, 5.41) is 6.62. The van der Waals surface area contributed by atoms with Crippen LogP contribution in [-0.2, 0) is 0 Å². The van der Waals surface area contributed by atoms with Crippen molar-refractivity contribution in [3.05, 3.63) is 64.7 Å². The van der Waals surface area contributed by atoms with Crippen molar-refractivity contribution in [2.45, 2.75) is 0 Å². The number of benzene rings is 2. The fourth-order valence-electron chi connectivity index (χ4n) is 1.99. The van der Waals surface area contributed by atoms with Gasteiger partial charge in [-0.2, -0.15) is 5.10 Å². The molecular weight excluding hydrogens is 299 g/mol. The molecule has 0 fully saturated rings. The van der Waals surface area contributed by atoms with Gasteiger partial charge in [-0.15, -0.1) is 0 Å². The van der Waals surface area contributed by atoms with Crippen molar-refractivity contribution in [3.8, 4) is 17.1 Å². The summed E-state index contributed by atoms with van der Waals surface area (Å²) >= 11 is 5.08. The lowest BCUT2D eigenvalue weighted by Crippen LogP contribution is -2.01. The summed E-state index contributed by atoms with van der Waals surface area (Å²) in [6.45, 7) is 0. The van der Waals surface area contributed by atoms with Gasteiger partial charge in [-0.1, -0.05) is 30.3 Å². The standard InChI is InChI=1S/C14H8F3N3S/c15-10-6-9(7-11(16)12(10)17)20-13(18-19-14(20)21)8-4-2-1-3-5-8/h1-7H,(H,19,21). The summed E-state index contributed by atoms with van der Waals surface area (Å²) < 4.78 is 41.4. The minimum atomic E-state index is -1.52. The number of hydrogen-bond donors (Lipinski definition) is 1. The molecule has 0 unspecified atom stereocenters. The van der Waals surface area contributed by atoms with Gasteiger partial charge in [-0.25, -0.2) is 13.2 Å². The Kier molecular flexibility index (Phi) is 3.34. The van der Waals surface area contributed by atoms with Gasteiger partial charge < -0.3 is 0 Å². The average Bonchev–Trinajstić information content (AvgIpc) is 2.87. The topological polar surface area (TPSA) is 33.6 Å². The molecule has 0 bridgehead atoms. The zero-order chi connectivity index (χ0) is 15.0. The number of H-pyrrole nitrogens is 1. The Hall–Kier alpha value is -2.41. The van der Waals surface area contributed by atoms with Gasteiger partial charge in [0.2, 0.25) is 0 Å². The first-order valence-corrected chi connectivity index (χ1v) is 6.36. The Balaban J connectivity index is 2.25.